The highest BCUT2D eigenvalue weighted by molar-refractivity contribution is 6.11. The van der Waals surface area contributed by atoms with Crippen LogP contribution in [0, 0.1) is 12.7 Å². The van der Waals surface area contributed by atoms with Crippen LogP contribution in [0.4, 0.5) is 29.1 Å². The average Bonchev–Trinajstić information content (AvgIpc) is 2.95. The standard InChI is InChI=1S/C20H17F4N3O5/c1-9-6-10(20(22,23)24)7-14(25-9)27-15(16(28)17(29)19(27)31)18(30)26-4-5-32-13-8-11(21)2-3-12(13)26/h2-3,6-8,15-17,28-29H,4-5H2,1H3/t15-,16-,17-/m0/s1. The molecular formula is C20H17F4N3O5. The number of rotatable bonds is 2. The summed E-state index contributed by atoms with van der Waals surface area (Å²) in [6.07, 6.45) is -8.73. The first kappa shape index (κ1) is 22.0. The van der Waals surface area contributed by atoms with Crippen molar-refractivity contribution in [1.82, 2.24) is 4.98 Å². The van der Waals surface area contributed by atoms with Crippen molar-refractivity contribution < 1.29 is 42.1 Å². The van der Waals surface area contributed by atoms with Crippen LogP contribution < -0.4 is 14.5 Å². The normalized spacial score (nSPS) is 23.2. The van der Waals surface area contributed by atoms with E-state index in [-0.39, 0.29) is 30.3 Å². The largest absolute Gasteiger partial charge is 0.489 e. The van der Waals surface area contributed by atoms with E-state index >= 15 is 0 Å². The molecule has 0 saturated carbocycles. The molecule has 0 unspecified atom stereocenters. The molecule has 0 spiro atoms. The number of pyridine rings is 1. The summed E-state index contributed by atoms with van der Waals surface area (Å²) in [5, 5.41) is 20.6. The molecule has 0 bridgehead atoms. The van der Waals surface area contributed by atoms with Gasteiger partial charge in [0.05, 0.1) is 17.8 Å². The average molecular weight is 455 g/mol. The lowest BCUT2D eigenvalue weighted by atomic mass is 10.1. The van der Waals surface area contributed by atoms with Gasteiger partial charge in [-0.2, -0.15) is 13.2 Å². The number of amides is 2. The number of aliphatic hydroxyl groups is 2. The highest BCUT2D eigenvalue weighted by Crippen LogP contribution is 2.37. The monoisotopic (exact) mass is 455 g/mol. The molecule has 170 valence electrons. The summed E-state index contributed by atoms with van der Waals surface area (Å²) in [7, 11) is 0. The van der Waals surface area contributed by atoms with Crippen molar-refractivity contribution in [1.29, 1.82) is 0 Å². The van der Waals surface area contributed by atoms with Crippen LogP contribution in [0.25, 0.3) is 0 Å². The van der Waals surface area contributed by atoms with E-state index in [1.54, 1.807) is 0 Å². The minimum Gasteiger partial charge on any atom is -0.489 e. The molecule has 8 nitrogen and oxygen atoms in total. The second kappa shape index (κ2) is 7.71. The van der Waals surface area contributed by atoms with Crippen molar-refractivity contribution in [2.75, 3.05) is 23.0 Å². The van der Waals surface area contributed by atoms with E-state index in [0.717, 1.165) is 23.1 Å². The molecule has 2 aromatic rings. The Bertz CT molecular complexity index is 1090. The highest BCUT2D eigenvalue weighted by atomic mass is 19.4. The molecule has 1 fully saturated rings. The Morgan fingerprint density at radius 3 is 2.62 bits per heavy atom. The number of anilines is 2. The summed E-state index contributed by atoms with van der Waals surface area (Å²) >= 11 is 0. The number of nitrogens with zero attached hydrogens (tertiary/aromatic N) is 3. The number of aliphatic hydroxyl groups excluding tert-OH is 2. The number of aromatic nitrogens is 1. The van der Waals surface area contributed by atoms with Crippen molar-refractivity contribution in [2.24, 2.45) is 0 Å². The predicted molar refractivity (Wildman–Crippen MR) is 102 cm³/mol. The maximum Gasteiger partial charge on any atom is 0.416 e. The summed E-state index contributed by atoms with van der Waals surface area (Å²) in [5.41, 5.74) is -1.05. The van der Waals surface area contributed by atoms with Crippen molar-refractivity contribution in [2.45, 2.75) is 31.3 Å². The van der Waals surface area contributed by atoms with E-state index in [1.165, 1.54) is 13.0 Å². The van der Waals surface area contributed by atoms with Gasteiger partial charge in [-0.05, 0) is 31.2 Å². The number of alkyl halides is 3. The number of benzene rings is 1. The number of hydrogen-bond donors (Lipinski definition) is 2. The number of fused-ring (bicyclic) bond motifs is 1. The Kier molecular flexibility index (Phi) is 5.29. The van der Waals surface area contributed by atoms with Crippen LogP contribution in [0.2, 0.25) is 0 Å². The van der Waals surface area contributed by atoms with Gasteiger partial charge in [0.15, 0.2) is 6.10 Å². The maximum atomic E-state index is 13.5. The zero-order chi connectivity index (χ0) is 23.4. The third-order valence-electron chi connectivity index (χ3n) is 5.23. The molecule has 1 saturated heterocycles. The summed E-state index contributed by atoms with van der Waals surface area (Å²) in [6.45, 7) is 1.21. The van der Waals surface area contributed by atoms with Crippen molar-refractivity contribution in [3.05, 3.63) is 47.4 Å². The van der Waals surface area contributed by atoms with E-state index in [4.69, 9.17) is 4.74 Å². The number of halogens is 4. The first-order valence-electron chi connectivity index (χ1n) is 9.48. The smallest absolute Gasteiger partial charge is 0.416 e. The van der Waals surface area contributed by atoms with Gasteiger partial charge >= 0.3 is 6.18 Å². The molecule has 1 aromatic carbocycles. The lowest BCUT2D eigenvalue weighted by Crippen LogP contribution is -2.53. The molecule has 2 N–H and O–H groups in total. The fraction of sp³-hybridized carbons (Fsp3) is 0.350. The minimum atomic E-state index is -4.75. The minimum absolute atomic E-state index is 0.0254. The quantitative estimate of drug-likeness (QED) is 0.664. The molecular weight excluding hydrogens is 438 g/mol. The summed E-state index contributed by atoms with van der Waals surface area (Å²) in [6, 6.07) is 2.96. The highest BCUT2D eigenvalue weighted by Gasteiger charge is 2.53. The van der Waals surface area contributed by atoms with Gasteiger partial charge in [-0.3, -0.25) is 14.5 Å². The van der Waals surface area contributed by atoms with Crippen LogP contribution in [-0.4, -0.2) is 58.4 Å². The number of carbonyl (C=O) groups excluding carboxylic acids is 2. The summed E-state index contributed by atoms with van der Waals surface area (Å²) in [5.74, 6) is -3.17. The van der Waals surface area contributed by atoms with Gasteiger partial charge in [0.25, 0.3) is 11.8 Å². The SMILES string of the molecule is Cc1cc(C(F)(F)F)cc(N2C(=O)[C@@H](O)[C@@H](O)[C@H]2C(=O)N2CCOc3cc(F)ccc32)n1. The van der Waals surface area contributed by atoms with Crippen molar-refractivity contribution in [3.8, 4) is 5.75 Å². The third kappa shape index (κ3) is 3.65. The van der Waals surface area contributed by atoms with E-state index in [1.807, 2.05) is 0 Å². The van der Waals surface area contributed by atoms with E-state index in [0.29, 0.717) is 11.0 Å². The van der Waals surface area contributed by atoms with Crippen LogP contribution in [0.3, 0.4) is 0 Å². The van der Waals surface area contributed by atoms with Crippen molar-refractivity contribution >= 4 is 23.3 Å². The fourth-order valence-electron chi connectivity index (χ4n) is 3.78. The van der Waals surface area contributed by atoms with E-state index < -0.39 is 53.4 Å². The number of carbonyl (C=O) groups is 2. The number of hydrogen-bond acceptors (Lipinski definition) is 6. The molecule has 12 heteroatoms. The molecule has 1 aromatic heterocycles. The molecule has 3 atom stereocenters. The Hall–Kier alpha value is -3.25. The van der Waals surface area contributed by atoms with Crippen LogP contribution in [0.5, 0.6) is 5.75 Å². The fourth-order valence-corrected chi connectivity index (χ4v) is 3.78. The van der Waals surface area contributed by atoms with Crippen LogP contribution in [-0.2, 0) is 15.8 Å². The molecule has 2 aliphatic rings. The Balaban J connectivity index is 1.77. The summed E-state index contributed by atoms with van der Waals surface area (Å²) in [4.78, 5) is 31.6. The Morgan fingerprint density at radius 2 is 1.94 bits per heavy atom. The molecule has 3 heterocycles. The van der Waals surface area contributed by atoms with Gasteiger partial charge in [-0.1, -0.05) is 0 Å². The lowest BCUT2D eigenvalue weighted by molar-refractivity contribution is -0.137. The maximum absolute atomic E-state index is 13.5. The topological polar surface area (TPSA) is 103 Å². The third-order valence-corrected chi connectivity index (χ3v) is 5.23. The molecule has 32 heavy (non-hydrogen) atoms. The van der Waals surface area contributed by atoms with Gasteiger partial charge < -0.3 is 19.8 Å². The van der Waals surface area contributed by atoms with Gasteiger partial charge in [-0.15, -0.1) is 0 Å². The van der Waals surface area contributed by atoms with Crippen LogP contribution in [0.1, 0.15) is 11.3 Å². The van der Waals surface area contributed by atoms with Gasteiger partial charge in [0.1, 0.15) is 36.1 Å². The Labute approximate surface area is 178 Å². The van der Waals surface area contributed by atoms with Gasteiger partial charge in [0.2, 0.25) is 0 Å². The van der Waals surface area contributed by atoms with Crippen LogP contribution >= 0.6 is 0 Å². The van der Waals surface area contributed by atoms with Crippen molar-refractivity contribution in [3.63, 3.8) is 0 Å². The Morgan fingerprint density at radius 1 is 1.22 bits per heavy atom. The number of ether oxygens (including phenoxy) is 1. The molecule has 0 aliphatic carbocycles. The predicted octanol–water partition coefficient (Wildman–Crippen LogP) is 1.41. The second-order valence-electron chi connectivity index (χ2n) is 7.39. The van der Waals surface area contributed by atoms with Gasteiger partial charge in [-0.25, -0.2) is 9.37 Å². The van der Waals surface area contributed by atoms with Gasteiger partial charge in [0, 0.05) is 11.8 Å². The lowest BCUT2D eigenvalue weighted by Gasteiger charge is -2.34. The second-order valence-corrected chi connectivity index (χ2v) is 7.39. The first-order valence-corrected chi connectivity index (χ1v) is 9.48. The molecule has 0 radical (unpaired) electrons. The first-order chi connectivity index (χ1) is 15.0. The molecule has 2 amide bonds. The number of aryl methyl sites for hydroxylation is 1. The zero-order valence-electron chi connectivity index (χ0n) is 16.5. The van der Waals surface area contributed by atoms with E-state index in [2.05, 4.69) is 4.98 Å². The summed E-state index contributed by atoms with van der Waals surface area (Å²) < 4.78 is 58.7. The molecule has 4 rings (SSSR count). The zero-order valence-corrected chi connectivity index (χ0v) is 16.5. The van der Waals surface area contributed by atoms with Crippen LogP contribution in [0.15, 0.2) is 30.3 Å². The van der Waals surface area contributed by atoms with E-state index in [9.17, 15) is 37.4 Å². The molecule has 2 aliphatic heterocycles.